The molecule has 2 bridgehead atoms. The van der Waals surface area contributed by atoms with Crippen molar-refractivity contribution in [3.63, 3.8) is 0 Å². The van der Waals surface area contributed by atoms with Gasteiger partial charge in [-0.05, 0) is 34.2 Å². The summed E-state index contributed by atoms with van der Waals surface area (Å²) in [4.78, 5) is 12.3. The smallest absolute Gasteiger partial charge is 0.258 e. The van der Waals surface area contributed by atoms with E-state index in [2.05, 4.69) is 50.3 Å². The molecule has 2 aromatic carbocycles. The van der Waals surface area contributed by atoms with Gasteiger partial charge in [0.1, 0.15) is 0 Å². The normalized spacial score (nSPS) is 26.7. The van der Waals surface area contributed by atoms with Gasteiger partial charge in [-0.3, -0.25) is 0 Å². The van der Waals surface area contributed by atoms with Crippen molar-refractivity contribution >= 4 is 18.7 Å². The minimum atomic E-state index is -2.98. The van der Waals surface area contributed by atoms with E-state index in [1.165, 1.54) is 0 Å². The van der Waals surface area contributed by atoms with Gasteiger partial charge in [-0.15, -0.1) is 0 Å². The molecule has 4 atom stereocenters. The van der Waals surface area contributed by atoms with Crippen molar-refractivity contribution in [3.8, 4) is 0 Å². The highest BCUT2D eigenvalue weighted by Gasteiger charge is 2.51. The van der Waals surface area contributed by atoms with Crippen molar-refractivity contribution in [2.75, 3.05) is 6.61 Å². The van der Waals surface area contributed by atoms with E-state index in [4.69, 9.17) is 4.74 Å². The van der Waals surface area contributed by atoms with Crippen LogP contribution >= 0.6 is 0 Å². The van der Waals surface area contributed by atoms with Gasteiger partial charge in [0.15, 0.2) is 0 Å². The fourth-order valence-corrected chi connectivity index (χ4v) is 8.85. The van der Waals surface area contributed by atoms with Crippen LogP contribution in [0, 0.1) is 11.8 Å². The molecule has 0 aromatic heterocycles. The van der Waals surface area contributed by atoms with Gasteiger partial charge in [0.2, 0.25) is 0 Å². The minimum Gasteiger partial charge on any atom is -0.424 e. The third kappa shape index (κ3) is 3.18. The number of aliphatic hydroxyl groups excluding tert-OH is 1. The number of aliphatic hydroxyl groups is 1. The molecule has 0 spiro atoms. The third-order valence-corrected chi connectivity index (χ3v) is 11.4. The van der Waals surface area contributed by atoms with E-state index in [1.54, 1.807) is 0 Å². The molecule has 4 heteroatoms. The predicted molar refractivity (Wildman–Crippen MR) is 115 cm³/mol. The Morgan fingerprint density at radius 3 is 1.86 bits per heavy atom. The van der Waals surface area contributed by atoms with Crippen molar-refractivity contribution in [2.24, 2.45) is 11.8 Å². The Morgan fingerprint density at radius 1 is 0.857 bits per heavy atom. The summed E-state index contributed by atoms with van der Waals surface area (Å²) in [7, 11) is -2.98. The Bertz CT molecular complexity index is 779. The van der Waals surface area contributed by atoms with E-state index in [0.29, 0.717) is 5.92 Å². The van der Waals surface area contributed by atoms with E-state index in [-0.39, 0.29) is 29.8 Å². The minimum absolute atomic E-state index is 0.0579. The summed E-state index contributed by atoms with van der Waals surface area (Å²) in [5.41, 5.74) is 0. The molecule has 3 nitrogen and oxygen atoms in total. The van der Waals surface area contributed by atoms with Crippen LogP contribution < -0.4 is 10.4 Å². The standard InChI is InChI=1S/C24H30O3Si/c1-24(2,16-15-20-21(17-25)23-14-13-22(20)27-23)28(26,18-9-5-3-6-10-18)19-11-7-4-8-12-19/h3-14,20-23,25-26H,15-17H2,1-2H3/t20-,21+,22+,23-/m1/s1. The molecule has 1 fully saturated rings. The Morgan fingerprint density at radius 2 is 1.36 bits per heavy atom. The number of rotatable bonds is 7. The van der Waals surface area contributed by atoms with Gasteiger partial charge < -0.3 is 14.6 Å². The molecule has 148 valence electrons. The van der Waals surface area contributed by atoms with Crippen LogP contribution in [0.25, 0.3) is 0 Å². The first kappa shape index (κ1) is 19.6. The first-order valence-corrected chi connectivity index (χ1v) is 12.2. The lowest BCUT2D eigenvalue weighted by Crippen LogP contribution is -2.65. The highest BCUT2D eigenvalue weighted by molar-refractivity contribution is 6.98. The quantitative estimate of drug-likeness (QED) is 0.561. The molecule has 0 radical (unpaired) electrons. The number of hydrogen-bond acceptors (Lipinski definition) is 3. The van der Waals surface area contributed by atoms with E-state index < -0.39 is 8.32 Å². The van der Waals surface area contributed by atoms with E-state index in [1.807, 2.05) is 36.4 Å². The largest absolute Gasteiger partial charge is 0.424 e. The Kier molecular flexibility index (Phi) is 5.32. The molecule has 2 N–H and O–H groups in total. The Hall–Kier alpha value is -1.72. The maximum atomic E-state index is 12.3. The molecule has 2 heterocycles. The number of benzene rings is 2. The highest BCUT2D eigenvalue weighted by Crippen LogP contribution is 2.46. The molecule has 1 saturated heterocycles. The second-order valence-electron chi connectivity index (χ2n) is 8.83. The summed E-state index contributed by atoms with van der Waals surface area (Å²) in [5, 5.41) is 11.7. The highest BCUT2D eigenvalue weighted by atomic mass is 28.4. The van der Waals surface area contributed by atoms with Crippen LogP contribution in [0.4, 0.5) is 0 Å². The first-order valence-electron chi connectivity index (χ1n) is 10.3. The molecule has 2 aliphatic rings. The second kappa shape index (κ2) is 7.60. The SMILES string of the molecule is CC(C)(CC[C@@H]1[C@H](CO)[C@H]2C=C[C@@H]1O2)[Si](O)(c1ccccc1)c1ccccc1. The van der Waals surface area contributed by atoms with Crippen molar-refractivity contribution in [1.29, 1.82) is 0 Å². The lowest BCUT2D eigenvalue weighted by atomic mass is 9.79. The lowest BCUT2D eigenvalue weighted by Gasteiger charge is -2.42. The van der Waals surface area contributed by atoms with Gasteiger partial charge in [-0.2, -0.15) is 0 Å². The molecule has 0 unspecified atom stereocenters. The van der Waals surface area contributed by atoms with Crippen molar-refractivity contribution < 1.29 is 14.6 Å². The van der Waals surface area contributed by atoms with Gasteiger partial charge in [-0.1, -0.05) is 86.7 Å². The molecule has 28 heavy (non-hydrogen) atoms. The molecular weight excluding hydrogens is 364 g/mol. The van der Waals surface area contributed by atoms with E-state index in [0.717, 1.165) is 23.2 Å². The first-order chi connectivity index (χ1) is 13.5. The van der Waals surface area contributed by atoms with Gasteiger partial charge in [0, 0.05) is 12.5 Å². The number of hydrogen-bond donors (Lipinski definition) is 2. The zero-order valence-electron chi connectivity index (χ0n) is 16.7. The summed E-state index contributed by atoms with van der Waals surface area (Å²) < 4.78 is 5.99. The zero-order chi connectivity index (χ0) is 19.8. The van der Waals surface area contributed by atoms with Gasteiger partial charge in [0.05, 0.1) is 12.2 Å². The summed E-state index contributed by atoms with van der Waals surface area (Å²) in [6, 6.07) is 20.3. The van der Waals surface area contributed by atoms with Crippen LogP contribution in [0.15, 0.2) is 72.8 Å². The molecular formula is C24H30O3Si. The molecule has 0 amide bonds. The maximum absolute atomic E-state index is 12.3. The van der Waals surface area contributed by atoms with Crippen LogP contribution in [0.2, 0.25) is 5.04 Å². The predicted octanol–water partition coefficient (Wildman–Crippen LogP) is 2.86. The van der Waals surface area contributed by atoms with Crippen LogP contribution in [0.5, 0.6) is 0 Å². The molecule has 2 aromatic rings. The number of fused-ring (bicyclic) bond motifs is 2. The Balaban J connectivity index is 1.63. The summed E-state index contributed by atoms with van der Waals surface area (Å²) in [6.45, 7) is 4.57. The Labute approximate surface area is 168 Å². The van der Waals surface area contributed by atoms with Crippen LogP contribution in [-0.2, 0) is 4.74 Å². The molecule has 0 saturated carbocycles. The van der Waals surface area contributed by atoms with Crippen molar-refractivity contribution in [1.82, 2.24) is 0 Å². The van der Waals surface area contributed by atoms with Crippen LogP contribution in [0.1, 0.15) is 26.7 Å². The fourth-order valence-electron chi connectivity index (χ4n) is 5.10. The van der Waals surface area contributed by atoms with Crippen molar-refractivity contribution in [3.05, 3.63) is 72.8 Å². The topological polar surface area (TPSA) is 49.7 Å². The monoisotopic (exact) mass is 394 g/mol. The van der Waals surface area contributed by atoms with Crippen LogP contribution in [-0.4, -0.2) is 37.0 Å². The van der Waals surface area contributed by atoms with Crippen LogP contribution in [0.3, 0.4) is 0 Å². The summed E-state index contributed by atoms with van der Waals surface area (Å²) in [5.74, 6) is 0.498. The van der Waals surface area contributed by atoms with Crippen molar-refractivity contribution in [2.45, 2.75) is 43.9 Å². The van der Waals surface area contributed by atoms with Gasteiger partial charge >= 0.3 is 0 Å². The molecule has 4 rings (SSSR count). The molecule has 2 aliphatic heterocycles. The average molecular weight is 395 g/mol. The third-order valence-electron chi connectivity index (χ3n) is 6.87. The lowest BCUT2D eigenvalue weighted by molar-refractivity contribution is 0.0935. The van der Waals surface area contributed by atoms with E-state index in [9.17, 15) is 9.90 Å². The van der Waals surface area contributed by atoms with E-state index >= 15 is 0 Å². The average Bonchev–Trinajstić information content (AvgIpc) is 3.34. The van der Waals surface area contributed by atoms with Gasteiger partial charge in [-0.25, -0.2) is 0 Å². The second-order valence-corrected chi connectivity index (χ2v) is 12.8. The number of ether oxygens (including phenoxy) is 1. The summed E-state index contributed by atoms with van der Waals surface area (Å²) in [6.07, 6.45) is 6.24. The van der Waals surface area contributed by atoms with Gasteiger partial charge in [0.25, 0.3) is 8.32 Å². The zero-order valence-corrected chi connectivity index (χ0v) is 17.7. The molecule has 0 aliphatic carbocycles. The maximum Gasteiger partial charge on any atom is 0.258 e. The summed E-state index contributed by atoms with van der Waals surface area (Å²) >= 11 is 0. The fraction of sp³-hybridized carbons (Fsp3) is 0.417.